The zero-order valence-electron chi connectivity index (χ0n) is 9.72. The molecule has 0 aromatic heterocycles. The van der Waals surface area contributed by atoms with Gasteiger partial charge in [0.2, 0.25) is 0 Å². The minimum Gasteiger partial charge on any atom is -0.486 e. The normalized spacial score (nSPS) is 20.1. The highest BCUT2D eigenvalue weighted by Gasteiger charge is 2.29. The molecular formula is C13H18ClNO2. The van der Waals surface area contributed by atoms with Crippen LogP contribution in [0.3, 0.4) is 0 Å². The summed E-state index contributed by atoms with van der Waals surface area (Å²) < 4.78 is 11.3. The van der Waals surface area contributed by atoms with Gasteiger partial charge in [-0.25, -0.2) is 0 Å². The third-order valence-electron chi connectivity index (χ3n) is 3.61. The molecule has 0 spiro atoms. The molecule has 94 valence electrons. The van der Waals surface area contributed by atoms with E-state index in [1.165, 1.54) is 19.3 Å². The van der Waals surface area contributed by atoms with Gasteiger partial charge in [0.05, 0.1) is 0 Å². The van der Waals surface area contributed by atoms with E-state index in [0.29, 0.717) is 19.1 Å². The van der Waals surface area contributed by atoms with Crippen LogP contribution >= 0.6 is 12.4 Å². The predicted molar refractivity (Wildman–Crippen MR) is 68.9 cm³/mol. The van der Waals surface area contributed by atoms with Gasteiger partial charge >= 0.3 is 0 Å². The number of hydrogen-bond donors (Lipinski definition) is 1. The van der Waals surface area contributed by atoms with Crippen molar-refractivity contribution in [1.29, 1.82) is 0 Å². The molecule has 2 N–H and O–H groups in total. The van der Waals surface area contributed by atoms with Gasteiger partial charge in [-0.1, -0.05) is 18.6 Å². The molecule has 1 saturated carbocycles. The maximum Gasteiger partial charge on any atom is 0.166 e. The quantitative estimate of drug-likeness (QED) is 0.884. The minimum absolute atomic E-state index is 0. The molecule has 0 radical (unpaired) electrons. The zero-order valence-corrected chi connectivity index (χ0v) is 10.5. The van der Waals surface area contributed by atoms with Crippen LogP contribution in [0.5, 0.6) is 11.5 Å². The molecule has 3 nitrogen and oxygen atoms in total. The van der Waals surface area contributed by atoms with E-state index in [1.807, 2.05) is 12.1 Å². The van der Waals surface area contributed by atoms with Crippen LogP contribution < -0.4 is 15.2 Å². The van der Waals surface area contributed by atoms with Crippen molar-refractivity contribution in [1.82, 2.24) is 0 Å². The summed E-state index contributed by atoms with van der Waals surface area (Å²) in [5, 5.41) is 0. The number of para-hydroxylation sites is 1. The first kappa shape index (κ1) is 12.5. The topological polar surface area (TPSA) is 44.5 Å². The minimum atomic E-state index is 0. The van der Waals surface area contributed by atoms with Crippen LogP contribution in [0.1, 0.15) is 30.9 Å². The Kier molecular flexibility index (Phi) is 3.79. The van der Waals surface area contributed by atoms with Gasteiger partial charge in [0.1, 0.15) is 13.2 Å². The number of fused-ring (bicyclic) bond motifs is 1. The van der Waals surface area contributed by atoms with Crippen LogP contribution in [0.4, 0.5) is 0 Å². The lowest BCUT2D eigenvalue weighted by molar-refractivity contribution is 0.166. The lowest BCUT2D eigenvalue weighted by Crippen LogP contribution is -2.28. The van der Waals surface area contributed by atoms with Gasteiger partial charge in [-0.05, 0) is 24.8 Å². The second kappa shape index (κ2) is 5.15. The summed E-state index contributed by atoms with van der Waals surface area (Å²) in [6, 6.07) is 6.12. The smallest absolute Gasteiger partial charge is 0.166 e. The van der Waals surface area contributed by atoms with Crippen molar-refractivity contribution in [2.75, 3.05) is 13.2 Å². The van der Waals surface area contributed by atoms with Crippen molar-refractivity contribution in [2.45, 2.75) is 25.3 Å². The second-order valence-electron chi connectivity index (χ2n) is 4.59. The molecule has 1 heterocycles. The molecule has 3 rings (SSSR count). The highest BCUT2D eigenvalue weighted by atomic mass is 35.5. The van der Waals surface area contributed by atoms with E-state index in [9.17, 15) is 0 Å². The molecule has 1 aliphatic carbocycles. The summed E-state index contributed by atoms with van der Waals surface area (Å²) in [5.41, 5.74) is 7.40. The first-order valence-corrected chi connectivity index (χ1v) is 6.00. The van der Waals surface area contributed by atoms with Crippen molar-refractivity contribution in [2.24, 2.45) is 11.7 Å². The third-order valence-corrected chi connectivity index (χ3v) is 3.61. The van der Waals surface area contributed by atoms with Crippen molar-refractivity contribution in [3.8, 4) is 11.5 Å². The third kappa shape index (κ3) is 2.22. The van der Waals surface area contributed by atoms with E-state index in [1.54, 1.807) is 0 Å². The molecular weight excluding hydrogens is 238 g/mol. The van der Waals surface area contributed by atoms with Gasteiger partial charge in [0.25, 0.3) is 0 Å². The van der Waals surface area contributed by atoms with Gasteiger partial charge in [0.15, 0.2) is 11.5 Å². The Hall–Kier alpha value is -0.930. The summed E-state index contributed by atoms with van der Waals surface area (Å²) in [4.78, 5) is 0. The summed E-state index contributed by atoms with van der Waals surface area (Å²) >= 11 is 0. The average Bonchev–Trinajstić information content (AvgIpc) is 2.26. The predicted octanol–water partition coefficient (Wildman–Crippen LogP) is 2.68. The standard InChI is InChI=1S/C13H17NO2.ClH/c14-12(9-3-1-4-9)10-5-2-6-11-13(10)16-8-7-15-11;/h2,5-6,9,12H,1,3-4,7-8,14H2;1H/t12-;/m0./s1. The molecule has 1 atom stereocenters. The fourth-order valence-electron chi connectivity index (χ4n) is 2.41. The van der Waals surface area contributed by atoms with Crippen LogP contribution in [0.15, 0.2) is 18.2 Å². The van der Waals surface area contributed by atoms with E-state index >= 15 is 0 Å². The Morgan fingerprint density at radius 2 is 1.94 bits per heavy atom. The van der Waals surface area contributed by atoms with Crippen LogP contribution in [-0.2, 0) is 0 Å². The van der Waals surface area contributed by atoms with Crippen molar-refractivity contribution in [3.63, 3.8) is 0 Å². The van der Waals surface area contributed by atoms with E-state index < -0.39 is 0 Å². The highest BCUT2D eigenvalue weighted by Crippen LogP contribution is 2.43. The molecule has 0 unspecified atom stereocenters. The van der Waals surface area contributed by atoms with Crippen LogP contribution in [0, 0.1) is 5.92 Å². The molecule has 17 heavy (non-hydrogen) atoms. The molecule has 1 aromatic carbocycles. The molecule has 1 fully saturated rings. The summed E-state index contributed by atoms with van der Waals surface area (Å²) in [7, 11) is 0. The van der Waals surface area contributed by atoms with E-state index in [4.69, 9.17) is 15.2 Å². The first-order valence-electron chi connectivity index (χ1n) is 6.00. The Balaban J connectivity index is 0.00000108. The average molecular weight is 256 g/mol. The molecule has 2 aliphatic rings. The highest BCUT2D eigenvalue weighted by molar-refractivity contribution is 5.85. The number of nitrogens with two attached hydrogens (primary N) is 1. The Morgan fingerprint density at radius 3 is 2.65 bits per heavy atom. The molecule has 0 amide bonds. The maximum atomic E-state index is 6.29. The number of halogens is 1. The molecule has 4 heteroatoms. The second-order valence-corrected chi connectivity index (χ2v) is 4.59. The molecule has 1 aromatic rings. The van der Waals surface area contributed by atoms with E-state index in [-0.39, 0.29) is 18.4 Å². The monoisotopic (exact) mass is 255 g/mol. The van der Waals surface area contributed by atoms with Crippen LogP contribution in [0.25, 0.3) is 0 Å². The summed E-state index contributed by atoms with van der Waals surface area (Å²) in [6.07, 6.45) is 3.79. The summed E-state index contributed by atoms with van der Waals surface area (Å²) in [5.74, 6) is 2.34. The maximum absolute atomic E-state index is 6.29. The summed E-state index contributed by atoms with van der Waals surface area (Å²) in [6.45, 7) is 1.26. The number of ether oxygens (including phenoxy) is 2. The van der Waals surface area contributed by atoms with Crippen molar-refractivity contribution >= 4 is 12.4 Å². The Morgan fingerprint density at radius 1 is 1.18 bits per heavy atom. The number of hydrogen-bond acceptors (Lipinski definition) is 3. The lowest BCUT2D eigenvalue weighted by atomic mass is 9.77. The Bertz CT molecular complexity index is 393. The van der Waals surface area contributed by atoms with Gasteiger partial charge in [-0.3, -0.25) is 0 Å². The largest absolute Gasteiger partial charge is 0.486 e. The van der Waals surface area contributed by atoms with Crippen LogP contribution in [0.2, 0.25) is 0 Å². The Labute approximate surface area is 108 Å². The molecule has 1 aliphatic heterocycles. The van der Waals surface area contributed by atoms with Gasteiger partial charge in [0, 0.05) is 11.6 Å². The van der Waals surface area contributed by atoms with Crippen LogP contribution in [-0.4, -0.2) is 13.2 Å². The lowest BCUT2D eigenvalue weighted by Gasteiger charge is -2.33. The fourth-order valence-corrected chi connectivity index (χ4v) is 2.41. The van der Waals surface area contributed by atoms with Gasteiger partial charge in [-0.2, -0.15) is 0 Å². The van der Waals surface area contributed by atoms with Gasteiger partial charge < -0.3 is 15.2 Å². The first-order chi connectivity index (χ1) is 7.86. The zero-order chi connectivity index (χ0) is 11.0. The number of benzene rings is 1. The van der Waals surface area contributed by atoms with E-state index in [0.717, 1.165) is 17.1 Å². The fraction of sp³-hybridized carbons (Fsp3) is 0.538. The molecule has 0 saturated heterocycles. The van der Waals surface area contributed by atoms with E-state index in [2.05, 4.69) is 6.07 Å². The van der Waals surface area contributed by atoms with Crippen molar-refractivity contribution < 1.29 is 9.47 Å². The number of rotatable bonds is 2. The SMILES string of the molecule is Cl.N[C@H](c1cccc2c1OCCO2)C1CCC1. The van der Waals surface area contributed by atoms with Crippen molar-refractivity contribution in [3.05, 3.63) is 23.8 Å². The molecule has 0 bridgehead atoms. The van der Waals surface area contributed by atoms with Gasteiger partial charge in [-0.15, -0.1) is 12.4 Å².